The van der Waals surface area contributed by atoms with Gasteiger partial charge in [0.15, 0.2) is 6.10 Å². The van der Waals surface area contributed by atoms with Crippen molar-refractivity contribution >= 4 is 11.9 Å². The molecule has 0 spiro atoms. The number of rotatable bonds is 17. The van der Waals surface area contributed by atoms with E-state index in [1.165, 1.54) is 0 Å². The van der Waals surface area contributed by atoms with Gasteiger partial charge in [-0.25, -0.2) is 4.79 Å². The summed E-state index contributed by atoms with van der Waals surface area (Å²) < 4.78 is 21.6. The van der Waals surface area contributed by atoms with Gasteiger partial charge in [0, 0.05) is 0 Å². The molecule has 0 heterocycles. The number of ether oxygens (including phenoxy) is 4. The summed E-state index contributed by atoms with van der Waals surface area (Å²) in [6, 6.07) is 0. The Labute approximate surface area is 153 Å². The summed E-state index contributed by atoms with van der Waals surface area (Å²) in [7, 11) is 0. The van der Waals surface area contributed by atoms with E-state index < -0.39 is 29.9 Å². The summed E-state index contributed by atoms with van der Waals surface area (Å²) in [5, 5.41) is 17.9. The molecule has 8 heteroatoms. The molecule has 148 valence electrons. The minimum atomic E-state index is -1.82. The summed E-state index contributed by atoms with van der Waals surface area (Å²) in [6.07, 6.45) is 2.27. The molecule has 0 amide bonds. The molecular formula is C18H28O8. The first-order valence-corrected chi connectivity index (χ1v) is 8.03. The van der Waals surface area contributed by atoms with Crippen LogP contribution in [0.15, 0.2) is 38.0 Å². The number of carbonyl (C=O) groups is 2. The van der Waals surface area contributed by atoms with Gasteiger partial charge in [0.25, 0.3) is 0 Å². The minimum absolute atomic E-state index is 0.135. The summed E-state index contributed by atoms with van der Waals surface area (Å²) in [4.78, 5) is 22.4. The van der Waals surface area contributed by atoms with Crippen molar-refractivity contribution in [2.75, 3.05) is 46.2 Å². The Balaban J connectivity index is 4.97. The molecule has 0 radical (unpaired) electrons. The third kappa shape index (κ3) is 10.8. The van der Waals surface area contributed by atoms with Crippen molar-refractivity contribution < 1.29 is 38.7 Å². The number of esters is 1. The van der Waals surface area contributed by atoms with Crippen LogP contribution in [0.4, 0.5) is 0 Å². The number of hydrogen-bond acceptors (Lipinski definition) is 7. The lowest BCUT2D eigenvalue weighted by Gasteiger charge is -2.32. The smallest absolute Gasteiger partial charge is 0.333 e. The van der Waals surface area contributed by atoms with E-state index in [9.17, 15) is 14.7 Å². The van der Waals surface area contributed by atoms with Crippen molar-refractivity contribution in [3.63, 3.8) is 0 Å². The Morgan fingerprint density at radius 3 is 1.65 bits per heavy atom. The summed E-state index contributed by atoms with van der Waals surface area (Å²) in [6.45, 7) is 11.9. The van der Waals surface area contributed by atoms with Crippen LogP contribution in [0.2, 0.25) is 0 Å². The van der Waals surface area contributed by atoms with Crippen LogP contribution in [0.25, 0.3) is 0 Å². The van der Waals surface area contributed by atoms with Crippen molar-refractivity contribution in [1.29, 1.82) is 0 Å². The SMILES string of the molecule is C=CCOCC(COCC=C)(COCC=C)COC(=O)CC(O)C(=O)O. The van der Waals surface area contributed by atoms with Crippen LogP contribution < -0.4 is 0 Å². The largest absolute Gasteiger partial charge is 0.479 e. The maximum atomic E-state index is 11.8. The molecule has 0 aliphatic rings. The van der Waals surface area contributed by atoms with E-state index in [4.69, 9.17) is 24.1 Å². The second-order valence-electron chi connectivity index (χ2n) is 5.63. The molecule has 8 nitrogen and oxygen atoms in total. The fraction of sp³-hybridized carbons (Fsp3) is 0.556. The summed E-state index contributed by atoms with van der Waals surface area (Å²) in [5.41, 5.74) is -0.821. The molecule has 0 saturated carbocycles. The molecule has 0 aromatic rings. The highest BCUT2D eigenvalue weighted by molar-refractivity contribution is 5.80. The van der Waals surface area contributed by atoms with Gasteiger partial charge in [-0.05, 0) is 0 Å². The van der Waals surface area contributed by atoms with Gasteiger partial charge in [0.2, 0.25) is 0 Å². The Hall–Kier alpha value is -2.00. The zero-order chi connectivity index (χ0) is 19.8. The molecule has 1 unspecified atom stereocenters. The average molecular weight is 372 g/mol. The van der Waals surface area contributed by atoms with Gasteiger partial charge in [-0.3, -0.25) is 4.79 Å². The van der Waals surface area contributed by atoms with Gasteiger partial charge in [-0.15, -0.1) is 19.7 Å². The lowest BCUT2D eigenvalue weighted by atomic mass is 9.92. The predicted molar refractivity (Wildman–Crippen MR) is 94.7 cm³/mol. The van der Waals surface area contributed by atoms with Crippen molar-refractivity contribution in [1.82, 2.24) is 0 Å². The van der Waals surface area contributed by atoms with Gasteiger partial charge in [0.05, 0.1) is 51.5 Å². The fourth-order valence-corrected chi connectivity index (χ4v) is 1.86. The third-order valence-electron chi connectivity index (χ3n) is 3.12. The first-order valence-electron chi connectivity index (χ1n) is 8.03. The number of carboxylic acid groups (broad SMARTS) is 1. The molecule has 2 N–H and O–H groups in total. The standard InChI is InChI=1S/C18H28O8/c1-4-7-23-11-18(12-24-8-5-2,13-25-9-6-3)14-26-16(20)10-15(19)17(21)22/h4-6,15,19H,1-3,7-14H2,(H,21,22). The van der Waals surface area contributed by atoms with E-state index in [1.807, 2.05) is 0 Å². The van der Waals surface area contributed by atoms with Crippen LogP contribution >= 0.6 is 0 Å². The minimum Gasteiger partial charge on any atom is -0.479 e. The van der Waals surface area contributed by atoms with Gasteiger partial charge in [-0.1, -0.05) is 18.2 Å². The maximum absolute atomic E-state index is 11.8. The van der Waals surface area contributed by atoms with Crippen LogP contribution in [0.5, 0.6) is 0 Å². The monoisotopic (exact) mass is 372 g/mol. The Morgan fingerprint density at radius 1 is 0.885 bits per heavy atom. The topological polar surface area (TPSA) is 112 Å². The van der Waals surface area contributed by atoms with E-state index in [2.05, 4.69) is 19.7 Å². The van der Waals surface area contributed by atoms with Crippen LogP contribution in [0.1, 0.15) is 6.42 Å². The third-order valence-corrected chi connectivity index (χ3v) is 3.12. The van der Waals surface area contributed by atoms with E-state index in [1.54, 1.807) is 18.2 Å². The molecule has 0 aromatic carbocycles. The second-order valence-corrected chi connectivity index (χ2v) is 5.63. The van der Waals surface area contributed by atoms with Gasteiger partial charge < -0.3 is 29.2 Å². The molecule has 0 rings (SSSR count). The molecule has 26 heavy (non-hydrogen) atoms. The second kappa shape index (κ2) is 14.2. The number of carboxylic acids is 1. The molecule has 0 saturated heterocycles. The summed E-state index contributed by atoms with van der Waals surface area (Å²) >= 11 is 0. The van der Waals surface area contributed by atoms with E-state index in [0.29, 0.717) is 0 Å². The molecule has 1 atom stereocenters. The molecule has 0 bridgehead atoms. The first kappa shape index (κ1) is 24.0. The predicted octanol–water partition coefficient (Wildman–Crippen LogP) is 0.959. The van der Waals surface area contributed by atoms with Gasteiger partial charge in [-0.2, -0.15) is 0 Å². The number of aliphatic hydroxyl groups excluding tert-OH is 1. The number of hydrogen-bond donors (Lipinski definition) is 2. The number of aliphatic hydroxyl groups is 1. The zero-order valence-electron chi connectivity index (χ0n) is 14.9. The van der Waals surface area contributed by atoms with Crippen LogP contribution in [0.3, 0.4) is 0 Å². The fourth-order valence-electron chi connectivity index (χ4n) is 1.86. The van der Waals surface area contributed by atoms with Crippen molar-refractivity contribution in [2.24, 2.45) is 5.41 Å². The van der Waals surface area contributed by atoms with Crippen molar-refractivity contribution in [3.05, 3.63) is 38.0 Å². The molecular weight excluding hydrogens is 344 g/mol. The molecule has 0 aromatic heterocycles. The van der Waals surface area contributed by atoms with Crippen molar-refractivity contribution in [3.8, 4) is 0 Å². The lowest BCUT2D eigenvalue weighted by Crippen LogP contribution is -2.42. The number of carbonyl (C=O) groups excluding carboxylic acids is 1. The Bertz CT molecular complexity index is 424. The van der Waals surface area contributed by atoms with E-state index in [-0.39, 0.29) is 46.2 Å². The molecule has 0 fully saturated rings. The Morgan fingerprint density at radius 2 is 1.31 bits per heavy atom. The van der Waals surface area contributed by atoms with E-state index in [0.717, 1.165) is 0 Å². The van der Waals surface area contributed by atoms with Gasteiger partial charge in [0.1, 0.15) is 6.61 Å². The Kier molecular flexibility index (Phi) is 13.1. The maximum Gasteiger partial charge on any atom is 0.333 e. The van der Waals surface area contributed by atoms with Crippen molar-refractivity contribution in [2.45, 2.75) is 12.5 Å². The summed E-state index contributed by atoms with van der Waals surface area (Å²) in [5.74, 6) is -2.34. The first-order chi connectivity index (χ1) is 12.4. The average Bonchev–Trinajstić information content (AvgIpc) is 2.60. The lowest BCUT2D eigenvalue weighted by molar-refractivity contribution is -0.162. The van der Waals surface area contributed by atoms with Gasteiger partial charge >= 0.3 is 11.9 Å². The highest BCUT2D eigenvalue weighted by atomic mass is 16.5. The highest BCUT2D eigenvalue weighted by Crippen LogP contribution is 2.21. The van der Waals surface area contributed by atoms with Crippen LogP contribution in [0, 0.1) is 5.41 Å². The normalized spacial score (nSPS) is 12.2. The van der Waals surface area contributed by atoms with E-state index >= 15 is 0 Å². The quantitative estimate of drug-likeness (QED) is 0.221. The zero-order valence-corrected chi connectivity index (χ0v) is 14.9. The highest BCUT2D eigenvalue weighted by Gasteiger charge is 2.34. The molecule has 0 aliphatic carbocycles. The molecule has 0 aliphatic heterocycles. The van der Waals surface area contributed by atoms with Crippen LogP contribution in [-0.2, 0) is 28.5 Å². The van der Waals surface area contributed by atoms with Crippen LogP contribution in [-0.4, -0.2) is 74.5 Å². The number of aliphatic carboxylic acids is 1.